The number of methoxy groups -OCH3 is 2. The number of carbonyl (C=O) groups is 2. The highest BCUT2D eigenvalue weighted by atomic mass is 16.5. The molecule has 1 aliphatic heterocycles. The van der Waals surface area contributed by atoms with Gasteiger partial charge in [0.1, 0.15) is 0 Å². The zero-order valence-electron chi connectivity index (χ0n) is 15.6. The third-order valence-corrected chi connectivity index (χ3v) is 4.95. The second-order valence-corrected chi connectivity index (χ2v) is 6.83. The minimum Gasteiger partial charge on any atom is -0.493 e. The summed E-state index contributed by atoms with van der Waals surface area (Å²) >= 11 is 0. The first-order valence-electron chi connectivity index (χ1n) is 8.63. The summed E-state index contributed by atoms with van der Waals surface area (Å²) in [4.78, 5) is 25.9. The quantitative estimate of drug-likeness (QED) is 0.780. The van der Waals surface area contributed by atoms with Crippen molar-refractivity contribution in [2.45, 2.75) is 32.6 Å². The maximum Gasteiger partial charge on any atom is 0.228 e. The van der Waals surface area contributed by atoms with Crippen molar-refractivity contribution in [1.29, 1.82) is 0 Å². The van der Waals surface area contributed by atoms with Gasteiger partial charge in [-0.05, 0) is 37.0 Å². The molecule has 2 rings (SSSR count). The van der Waals surface area contributed by atoms with Crippen molar-refractivity contribution in [3.63, 3.8) is 0 Å². The fraction of sp³-hybridized carbons (Fsp3) is 0.579. The Kier molecular flexibility index (Phi) is 6.28. The first kappa shape index (κ1) is 19.1. The number of carbonyl (C=O) groups excluding carboxylic acids is 2. The molecule has 1 aliphatic rings. The van der Waals surface area contributed by atoms with Gasteiger partial charge in [-0.1, -0.05) is 13.0 Å². The van der Waals surface area contributed by atoms with Crippen molar-refractivity contribution in [1.82, 2.24) is 10.2 Å². The summed E-state index contributed by atoms with van der Waals surface area (Å²) < 4.78 is 10.5. The molecule has 2 amide bonds. The minimum absolute atomic E-state index is 0.0101. The van der Waals surface area contributed by atoms with E-state index in [0.717, 1.165) is 18.5 Å². The van der Waals surface area contributed by atoms with E-state index in [9.17, 15) is 9.59 Å². The Morgan fingerprint density at radius 1 is 1.28 bits per heavy atom. The van der Waals surface area contributed by atoms with Crippen LogP contribution in [0.4, 0.5) is 0 Å². The van der Waals surface area contributed by atoms with Gasteiger partial charge in [0.05, 0.1) is 14.2 Å². The molecule has 1 fully saturated rings. The Labute approximate surface area is 149 Å². The molecule has 0 bridgehead atoms. The highest BCUT2D eigenvalue weighted by Crippen LogP contribution is 2.35. The van der Waals surface area contributed by atoms with Crippen LogP contribution in [0.2, 0.25) is 0 Å². The maximum atomic E-state index is 12.1. The molecule has 0 aliphatic carbocycles. The summed E-state index contributed by atoms with van der Waals surface area (Å²) in [5.41, 5.74) is 0.674. The molecule has 138 valence electrons. The lowest BCUT2D eigenvalue weighted by atomic mass is 9.84. The van der Waals surface area contributed by atoms with E-state index < -0.39 is 5.41 Å². The van der Waals surface area contributed by atoms with Gasteiger partial charge in [-0.25, -0.2) is 0 Å². The van der Waals surface area contributed by atoms with Crippen LogP contribution in [0.25, 0.3) is 0 Å². The molecular formula is C19H28N2O4. The van der Waals surface area contributed by atoms with Crippen molar-refractivity contribution < 1.29 is 19.1 Å². The van der Waals surface area contributed by atoms with E-state index in [1.165, 1.54) is 0 Å². The Morgan fingerprint density at radius 2 is 2.00 bits per heavy atom. The standard InChI is InChI=1S/C19H28N2O4/c1-19(10-12-21(2)18(19)23)9-7-17(22)20-11-8-14-5-6-15(24-3)16(13-14)25-4/h5-6,13H,7-12H2,1-4H3,(H,20,22). The van der Waals surface area contributed by atoms with Gasteiger partial charge in [0, 0.05) is 32.0 Å². The maximum absolute atomic E-state index is 12.1. The molecule has 0 saturated carbocycles. The van der Waals surface area contributed by atoms with Crippen molar-refractivity contribution in [3.8, 4) is 11.5 Å². The van der Waals surface area contributed by atoms with E-state index in [4.69, 9.17) is 9.47 Å². The van der Waals surface area contributed by atoms with Crippen LogP contribution in [0, 0.1) is 5.41 Å². The number of ether oxygens (including phenoxy) is 2. The highest BCUT2D eigenvalue weighted by molar-refractivity contribution is 5.85. The first-order valence-corrected chi connectivity index (χ1v) is 8.63. The van der Waals surface area contributed by atoms with Gasteiger partial charge in [0.25, 0.3) is 0 Å². The molecule has 6 nitrogen and oxygen atoms in total. The molecule has 0 radical (unpaired) electrons. The fourth-order valence-electron chi connectivity index (χ4n) is 3.18. The minimum atomic E-state index is -0.393. The van der Waals surface area contributed by atoms with Crippen LogP contribution in [-0.2, 0) is 16.0 Å². The molecule has 1 N–H and O–H groups in total. The number of amides is 2. The Hall–Kier alpha value is -2.24. The molecule has 1 heterocycles. The Balaban J connectivity index is 1.76. The van der Waals surface area contributed by atoms with E-state index in [-0.39, 0.29) is 11.8 Å². The molecular weight excluding hydrogens is 320 g/mol. The van der Waals surface area contributed by atoms with Crippen LogP contribution in [-0.4, -0.2) is 51.1 Å². The number of nitrogens with zero attached hydrogens (tertiary/aromatic N) is 1. The van der Waals surface area contributed by atoms with Crippen LogP contribution in [0.5, 0.6) is 11.5 Å². The Morgan fingerprint density at radius 3 is 2.60 bits per heavy atom. The molecule has 1 aromatic carbocycles. The summed E-state index contributed by atoms with van der Waals surface area (Å²) in [5.74, 6) is 1.51. The average molecular weight is 348 g/mol. The summed E-state index contributed by atoms with van der Waals surface area (Å²) in [7, 11) is 5.02. The van der Waals surface area contributed by atoms with E-state index >= 15 is 0 Å². The lowest BCUT2D eigenvalue weighted by Gasteiger charge is -2.21. The first-order chi connectivity index (χ1) is 11.9. The number of nitrogens with one attached hydrogen (secondary N) is 1. The van der Waals surface area contributed by atoms with Gasteiger partial charge in [0.15, 0.2) is 11.5 Å². The summed E-state index contributed by atoms with van der Waals surface area (Å²) in [6.07, 6.45) is 2.51. The predicted octanol–water partition coefficient (Wildman–Crippen LogP) is 2.01. The van der Waals surface area contributed by atoms with Crippen LogP contribution in [0.1, 0.15) is 31.7 Å². The van der Waals surface area contributed by atoms with Gasteiger partial charge < -0.3 is 19.7 Å². The molecule has 1 saturated heterocycles. The lowest BCUT2D eigenvalue weighted by Crippen LogP contribution is -2.32. The largest absolute Gasteiger partial charge is 0.493 e. The third kappa shape index (κ3) is 4.65. The molecule has 1 atom stereocenters. The second kappa shape index (κ2) is 8.23. The second-order valence-electron chi connectivity index (χ2n) is 6.83. The van der Waals surface area contributed by atoms with Gasteiger partial charge in [0.2, 0.25) is 11.8 Å². The summed E-state index contributed by atoms with van der Waals surface area (Å²) in [5, 5.41) is 2.93. The zero-order chi connectivity index (χ0) is 18.4. The topological polar surface area (TPSA) is 67.9 Å². The Bertz CT molecular complexity index is 632. The highest BCUT2D eigenvalue weighted by Gasteiger charge is 2.40. The van der Waals surface area contributed by atoms with Crippen molar-refractivity contribution >= 4 is 11.8 Å². The van der Waals surface area contributed by atoms with Gasteiger partial charge in [-0.3, -0.25) is 9.59 Å². The molecule has 25 heavy (non-hydrogen) atoms. The number of hydrogen-bond donors (Lipinski definition) is 1. The van der Waals surface area contributed by atoms with E-state index in [1.807, 2.05) is 32.2 Å². The smallest absolute Gasteiger partial charge is 0.228 e. The van der Waals surface area contributed by atoms with Crippen LogP contribution in [0.15, 0.2) is 18.2 Å². The SMILES string of the molecule is COc1ccc(CCNC(=O)CCC2(C)CCN(C)C2=O)cc1OC. The van der Waals surface area contributed by atoms with Gasteiger partial charge in [-0.2, -0.15) is 0 Å². The average Bonchev–Trinajstić information content (AvgIpc) is 2.88. The molecule has 1 aromatic rings. The third-order valence-electron chi connectivity index (χ3n) is 4.95. The van der Waals surface area contributed by atoms with E-state index in [0.29, 0.717) is 37.3 Å². The number of rotatable bonds is 8. The molecule has 1 unspecified atom stereocenters. The van der Waals surface area contributed by atoms with Gasteiger partial charge in [-0.15, -0.1) is 0 Å². The fourth-order valence-corrected chi connectivity index (χ4v) is 3.18. The summed E-state index contributed by atoms with van der Waals surface area (Å²) in [6.45, 7) is 3.28. The van der Waals surface area contributed by atoms with E-state index in [1.54, 1.807) is 19.1 Å². The molecule has 0 aromatic heterocycles. The van der Waals surface area contributed by atoms with Crippen molar-refractivity contribution in [2.75, 3.05) is 34.4 Å². The zero-order valence-corrected chi connectivity index (χ0v) is 15.6. The summed E-state index contributed by atoms with van der Waals surface area (Å²) in [6, 6.07) is 5.74. The predicted molar refractivity (Wildman–Crippen MR) is 95.9 cm³/mol. The number of benzene rings is 1. The number of hydrogen-bond acceptors (Lipinski definition) is 4. The molecule has 6 heteroatoms. The van der Waals surface area contributed by atoms with Crippen molar-refractivity contribution in [2.24, 2.45) is 5.41 Å². The lowest BCUT2D eigenvalue weighted by molar-refractivity contribution is -0.134. The van der Waals surface area contributed by atoms with Crippen LogP contribution >= 0.6 is 0 Å². The van der Waals surface area contributed by atoms with Crippen LogP contribution in [0.3, 0.4) is 0 Å². The monoisotopic (exact) mass is 348 g/mol. The van der Waals surface area contributed by atoms with Crippen LogP contribution < -0.4 is 14.8 Å². The van der Waals surface area contributed by atoms with E-state index in [2.05, 4.69) is 5.32 Å². The molecule has 0 spiro atoms. The van der Waals surface area contributed by atoms with Crippen molar-refractivity contribution in [3.05, 3.63) is 23.8 Å². The number of likely N-dealkylation sites (tertiary alicyclic amines) is 1. The normalized spacial score (nSPS) is 19.8. The van der Waals surface area contributed by atoms with Gasteiger partial charge >= 0.3 is 0 Å².